The number of ether oxygens (including phenoxy) is 1. The predicted molar refractivity (Wildman–Crippen MR) is 33.3 cm³/mol. The van der Waals surface area contributed by atoms with Crippen LogP contribution in [0.4, 0.5) is 0 Å². The summed E-state index contributed by atoms with van der Waals surface area (Å²) in [6.07, 6.45) is 0.572. The molecule has 0 saturated heterocycles. The van der Waals surface area contributed by atoms with Crippen molar-refractivity contribution in [3.05, 3.63) is 0 Å². The average Bonchev–Trinajstić information content (AvgIpc) is 1.87. The molecule has 4 heteroatoms. The van der Waals surface area contributed by atoms with Crippen molar-refractivity contribution in [3.8, 4) is 6.07 Å². The molecule has 0 bridgehead atoms. The Morgan fingerprint density at radius 2 is 2.40 bits per heavy atom. The molecule has 0 aromatic rings. The molecule has 0 fully saturated rings. The molecule has 0 aliphatic heterocycles. The van der Waals surface area contributed by atoms with Crippen LogP contribution in [0.3, 0.4) is 0 Å². The largest absolute Gasteiger partial charge is 0.481 e. The van der Waals surface area contributed by atoms with E-state index in [1.54, 1.807) is 6.07 Å². The van der Waals surface area contributed by atoms with Gasteiger partial charge in [0.25, 0.3) is 0 Å². The lowest BCUT2D eigenvalue weighted by molar-refractivity contribution is -0.137. The van der Waals surface area contributed by atoms with Gasteiger partial charge in [-0.3, -0.25) is 4.79 Å². The van der Waals surface area contributed by atoms with E-state index in [1.165, 1.54) is 0 Å². The van der Waals surface area contributed by atoms with Crippen molar-refractivity contribution in [2.24, 2.45) is 0 Å². The van der Waals surface area contributed by atoms with E-state index in [-0.39, 0.29) is 13.0 Å². The summed E-state index contributed by atoms with van der Waals surface area (Å²) in [7, 11) is 0. The van der Waals surface area contributed by atoms with Crippen molar-refractivity contribution in [2.45, 2.75) is 12.8 Å². The first-order valence-electron chi connectivity index (χ1n) is 2.94. The SMILES string of the molecule is N#CCOCCCC(=O)O. The minimum Gasteiger partial charge on any atom is -0.481 e. The lowest BCUT2D eigenvalue weighted by atomic mass is 10.3. The minimum atomic E-state index is -0.833. The summed E-state index contributed by atoms with van der Waals surface area (Å²) >= 11 is 0. The van der Waals surface area contributed by atoms with Crippen molar-refractivity contribution < 1.29 is 14.6 Å². The predicted octanol–water partition coefficient (Wildman–Crippen LogP) is 0.391. The van der Waals surface area contributed by atoms with Gasteiger partial charge >= 0.3 is 5.97 Å². The number of nitrogens with zero attached hydrogens (tertiary/aromatic N) is 1. The fraction of sp³-hybridized carbons (Fsp3) is 0.667. The normalized spacial score (nSPS) is 8.70. The zero-order valence-electron chi connectivity index (χ0n) is 5.54. The highest BCUT2D eigenvalue weighted by molar-refractivity contribution is 5.66. The van der Waals surface area contributed by atoms with Crippen LogP contribution < -0.4 is 0 Å². The molecule has 0 spiro atoms. The number of carbonyl (C=O) groups is 1. The smallest absolute Gasteiger partial charge is 0.303 e. The molecule has 10 heavy (non-hydrogen) atoms. The Morgan fingerprint density at radius 3 is 2.90 bits per heavy atom. The van der Waals surface area contributed by atoms with E-state index in [9.17, 15) is 4.79 Å². The Bertz CT molecular complexity index is 138. The molecule has 0 aliphatic rings. The van der Waals surface area contributed by atoms with Gasteiger partial charge in [0, 0.05) is 13.0 Å². The van der Waals surface area contributed by atoms with Gasteiger partial charge < -0.3 is 9.84 Å². The number of carboxylic acids is 1. The van der Waals surface area contributed by atoms with Crippen molar-refractivity contribution in [2.75, 3.05) is 13.2 Å². The quantitative estimate of drug-likeness (QED) is 0.565. The monoisotopic (exact) mass is 143 g/mol. The number of aliphatic carboxylic acids is 1. The van der Waals surface area contributed by atoms with Gasteiger partial charge in [-0.05, 0) is 6.42 Å². The highest BCUT2D eigenvalue weighted by Gasteiger charge is 1.94. The van der Waals surface area contributed by atoms with E-state index in [2.05, 4.69) is 0 Å². The standard InChI is InChI=1S/C6H9NO3/c7-3-5-10-4-1-2-6(8)9/h1-2,4-5H2,(H,8,9). The molecule has 1 N–H and O–H groups in total. The summed E-state index contributed by atoms with van der Waals surface area (Å²) in [6, 6.07) is 1.79. The lowest BCUT2D eigenvalue weighted by Crippen LogP contribution is -1.99. The van der Waals surface area contributed by atoms with E-state index in [0.29, 0.717) is 13.0 Å². The van der Waals surface area contributed by atoms with Gasteiger partial charge in [0.15, 0.2) is 0 Å². The third-order valence-corrected chi connectivity index (χ3v) is 0.846. The maximum Gasteiger partial charge on any atom is 0.303 e. The van der Waals surface area contributed by atoms with E-state index in [1.807, 2.05) is 0 Å². The van der Waals surface area contributed by atoms with Crippen LogP contribution in [0.5, 0.6) is 0 Å². The van der Waals surface area contributed by atoms with E-state index >= 15 is 0 Å². The van der Waals surface area contributed by atoms with Gasteiger partial charge in [0.05, 0.1) is 6.07 Å². The van der Waals surface area contributed by atoms with E-state index in [0.717, 1.165) is 0 Å². The average molecular weight is 143 g/mol. The Kier molecular flexibility index (Phi) is 5.39. The van der Waals surface area contributed by atoms with Crippen molar-refractivity contribution in [3.63, 3.8) is 0 Å². The Hall–Kier alpha value is -1.08. The summed E-state index contributed by atoms with van der Waals surface area (Å²) in [6.45, 7) is 0.388. The molecule has 4 nitrogen and oxygen atoms in total. The summed E-state index contributed by atoms with van der Waals surface area (Å²) in [5, 5.41) is 16.1. The molecule has 0 amide bonds. The van der Waals surface area contributed by atoms with Crippen LogP contribution in [0.2, 0.25) is 0 Å². The molecule has 0 atom stereocenters. The first-order chi connectivity index (χ1) is 4.77. The van der Waals surface area contributed by atoms with Crippen LogP contribution in [-0.4, -0.2) is 24.3 Å². The van der Waals surface area contributed by atoms with Gasteiger partial charge in [-0.15, -0.1) is 0 Å². The summed E-state index contributed by atoms with van der Waals surface area (Å²) in [4.78, 5) is 9.91. The Morgan fingerprint density at radius 1 is 1.70 bits per heavy atom. The van der Waals surface area contributed by atoms with Crippen LogP contribution >= 0.6 is 0 Å². The summed E-state index contributed by atoms with van der Waals surface area (Å²) < 4.78 is 4.71. The molecule has 0 aromatic carbocycles. The zero-order chi connectivity index (χ0) is 7.82. The molecule has 0 heterocycles. The van der Waals surface area contributed by atoms with E-state index in [4.69, 9.17) is 15.1 Å². The van der Waals surface area contributed by atoms with Gasteiger partial charge in [0.2, 0.25) is 0 Å². The second kappa shape index (κ2) is 6.05. The minimum absolute atomic E-state index is 0.0413. The fourth-order valence-electron chi connectivity index (χ4n) is 0.443. The van der Waals surface area contributed by atoms with Crippen LogP contribution in [0.15, 0.2) is 0 Å². The van der Waals surface area contributed by atoms with Crippen molar-refractivity contribution in [1.82, 2.24) is 0 Å². The Balaban J connectivity index is 2.92. The molecule has 0 radical (unpaired) electrons. The molecule has 56 valence electrons. The highest BCUT2D eigenvalue weighted by Crippen LogP contribution is 1.88. The molecule has 0 saturated carbocycles. The number of nitriles is 1. The second-order valence-corrected chi connectivity index (χ2v) is 1.71. The number of hydrogen-bond acceptors (Lipinski definition) is 3. The third kappa shape index (κ3) is 6.92. The van der Waals surface area contributed by atoms with Gasteiger partial charge in [-0.2, -0.15) is 5.26 Å². The fourth-order valence-corrected chi connectivity index (χ4v) is 0.443. The third-order valence-electron chi connectivity index (χ3n) is 0.846. The maximum atomic E-state index is 9.91. The van der Waals surface area contributed by atoms with Crippen molar-refractivity contribution in [1.29, 1.82) is 5.26 Å². The first kappa shape index (κ1) is 8.92. The van der Waals surface area contributed by atoms with Gasteiger partial charge in [-0.25, -0.2) is 0 Å². The molecule has 0 unspecified atom stereocenters. The van der Waals surface area contributed by atoms with Crippen LogP contribution in [0.1, 0.15) is 12.8 Å². The van der Waals surface area contributed by atoms with E-state index < -0.39 is 5.97 Å². The van der Waals surface area contributed by atoms with Gasteiger partial charge in [-0.1, -0.05) is 0 Å². The molecular weight excluding hydrogens is 134 g/mol. The highest BCUT2D eigenvalue weighted by atomic mass is 16.5. The molecule has 0 rings (SSSR count). The second-order valence-electron chi connectivity index (χ2n) is 1.71. The zero-order valence-corrected chi connectivity index (χ0v) is 5.54. The number of hydrogen-bond donors (Lipinski definition) is 1. The lowest BCUT2D eigenvalue weighted by Gasteiger charge is -1.94. The van der Waals surface area contributed by atoms with Crippen LogP contribution in [0.25, 0.3) is 0 Å². The maximum absolute atomic E-state index is 9.91. The molecule has 0 aromatic heterocycles. The number of carboxylic acid groups (broad SMARTS) is 1. The molecular formula is C6H9NO3. The first-order valence-corrected chi connectivity index (χ1v) is 2.94. The number of rotatable bonds is 5. The Labute approximate surface area is 59.0 Å². The van der Waals surface area contributed by atoms with Crippen LogP contribution in [-0.2, 0) is 9.53 Å². The van der Waals surface area contributed by atoms with Crippen molar-refractivity contribution >= 4 is 5.97 Å². The topological polar surface area (TPSA) is 70.3 Å². The summed E-state index contributed by atoms with van der Waals surface area (Å²) in [5.74, 6) is -0.833. The van der Waals surface area contributed by atoms with Crippen LogP contribution in [0, 0.1) is 11.3 Å². The summed E-state index contributed by atoms with van der Waals surface area (Å²) in [5.41, 5.74) is 0. The van der Waals surface area contributed by atoms with Gasteiger partial charge in [0.1, 0.15) is 6.61 Å². The molecule has 0 aliphatic carbocycles.